The fraction of sp³-hybridized carbons (Fsp3) is 0.353. The van der Waals surface area contributed by atoms with Crippen LogP contribution in [0.25, 0.3) is 10.9 Å². The lowest BCUT2D eigenvalue weighted by Gasteiger charge is -2.07. The molecule has 0 radical (unpaired) electrons. The molecule has 3 rings (SSSR count). The molecular formula is C17H21N5O. The number of hydrogen-bond acceptors (Lipinski definition) is 3. The molecule has 0 aliphatic carbocycles. The van der Waals surface area contributed by atoms with Crippen molar-refractivity contribution >= 4 is 16.8 Å². The van der Waals surface area contributed by atoms with Crippen LogP contribution in [0, 0.1) is 0 Å². The van der Waals surface area contributed by atoms with Crippen LogP contribution in [0.1, 0.15) is 25.0 Å². The number of nitrogens with one attached hydrogen (secondary N) is 2. The smallest absolute Gasteiger partial charge is 0.220 e. The minimum absolute atomic E-state index is 0.103. The Labute approximate surface area is 134 Å². The molecule has 0 atom stereocenters. The molecule has 0 saturated carbocycles. The second-order valence-corrected chi connectivity index (χ2v) is 5.59. The number of hydrogen-bond donors (Lipinski definition) is 2. The van der Waals surface area contributed by atoms with Gasteiger partial charge in [0.25, 0.3) is 0 Å². The van der Waals surface area contributed by atoms with E-state index in [-0.39, 0.29) is 5.91 Å². The number of benzene rings is 1. The fourth-order valence-electron chi connectivity index (χ4n) is 2.68. The van der Waals surface area contributed by atoms with E-state index in [0.29, 0.717) is 13.0 Å². The van der Waals surface area contributed by atoms with E-state index < -0.39 is 0 Å². The average Bonchev–Trinajstić information content (AvgIpc) is 3.21. The lowest BCUT2D eigenvalue weighted by molar-refractivity contribution is -0.121. The van der Waals surface area contributed by atoms with Gasteiger partial charge in [-0.05, 0) is 36.8 Å². The third-order valence-corrected chi connectivity index (χ3v) is 3.88. The number of amides is 1. The Hall–Kier alpha value is -2.63. The summed E-state index contributed by atoms with van der Waals surface area (Å²) in [6.07, 6.45) is 6.82. The number of aromatic amines is 1. The van der Waals surface area contributed by atoms with Crippen LogP contribution in [0.3, 0.4) is 0 Å². The SMILES string of the molecule is O=C(CCCc1cn[nH]n1)NCCCn1ccc2ccccc21. The molecule has 6 heteroatoms. The van der Waals surface area contributed by atoms with Crippen LogP contribution in [0.5, 0.6) is 0 Å². The van der Waals surface area contributed by atoms with Crippen molar-refractivity contribution in [1.29, 1.82) is 0 Å². The quantitative estimate of drug-likeness (QED) is 0.627. The minimum atomic E-state index is 0.103. The van der Waals surface area contributed by atoms with Gasteiger partial charge in [0.05, 0.1) is 11.9 Å². The molecule has 0 saturated heterocycles. The van der Waals surface area contributed by atoms with Crippen molar-refractivity contribution in [2.24, 2.45) is 0 Å². The highest BCUT2D eigenvalue weighted by Crippen LogP contribution is 2.15. The van der Waals surface area contributed by atoms with Gasteiger partial charge in [-0.1, -0.05) is 18.2 Å². The number of nitrogens with zero attached hydrogens (tertiary/aromatic N) is 3. The standard InChI is InChI=1S/C17H21N5O/c23-17(8-3-6-15-13-19-21-20-15)18-10-4-11-22-12-9-14-5-1-2-7-16(14)22/h1-2,5,7,9,12-13H,3-4,6,8,10-11H2,(H,18,23)(H,19,20,21). The van der Waals surface area contributed by atoms with Crippen molar-refractivity contribution in [1.82, 2.24) is 25.3 Å². The Bertz CT molecular complexity index is 747. The third kappa shape index (κ3) is 4.18. The monoisotopic (exact) mass is 311 g/mol. The highest BCUT2D eigenvalue weighted by molar-refractivity contribution is 5.79. The Balaban J connectivity index is 1.34. The predicted molar refractivity (Wildman–Crippen MR) is 88.9 cm³/mol. The number of para-hydroxylation sites is 1. The third-order valence-electron chi connectivity index (χ3n) is 3.88. The maximum absolute atomic E-state index is 11.8. The highest BCUT2D eigenvalue weighted by Gasteiger charge is 2.03. The average molecular weight is 311 g/mol. The van der Waals surface area contributed by atoms with Gasteiger partial charge in [0.15, 0.2) is 0 Å². The van der Waals surface area contributed by atoms with E-state index in [4.69, 9.17) is 0 Å². The van der Waals surface area contributed by atoms with Crippen LogP contribution >= 0.6 is 0 Å². The van der Waals surface area contributed by atoms with Crippen LogP contribution in [-0.4, -0.2) is 32.4 Å². The van der Waals surface area contributed by atoms with Crippen molar-refractivity contribution in [3.05, 3.63) is 48.4 Å². The summed E-state index contributed by atoms with van der Waals surface area (Å²) in [4.78, 5) is 11.8. The molecule has 1 aromatic carbocycles. The van der Waals surface area contributed by atoms with E-state index in [1.54, 1.807) is 6.20 Å². The van der Waals surface area contributed by atoms with Crippen molar-refractivity contribution in [3.8, 4) is 0 Å². The van der Waals surface area contributed by atoms with Crippen LogP contribution in [0.4, 0.5) is 0 Å². The molecule has 2 aromatic heterocycles. The number of H-pyrrole nitrogens is 1. The lowest BCUT2D eigenvalue weighted by Crippen LogP contribution is -2.25. The molecule has 0 aliphatic heterocycles. The lowest BCUT2D eigenvalue weighted by atomic mass is 10.2. The predicted octanol–water partition coefficient (Wildman–Crippen LogP) is 2.29. The molecule has 0 aliphatic rings. The van der Waals surface area contributed by atoms with Crippen LogP contribution in [0.15, 0.2) is 42.7 Å². The van der Waals surface area contributed by atoms with Gasteiger partial charge in [0.2, 0.25) is 5.91 Å². The van der Waals surface area contributed by atoms with Gasteiger partial charge in [-0.2, -0.15) is 15.4 Å². The van der Waals surface area contributed by atoms with Crippen LogP contribution in [0.2, 0.25) is 0 Å². The van der Waals surface area contributed by atoms with Gasteiger partial charge < -0.3 is 9.88 Å². The fourth-order valence-corrected chi connectivity index (χ4v) is 2.68. The number of rotatable bonds is 8. The second kappa shape index (κ2) is 7.58. The Morgan fingerprint density at radius 1 is 1.22 bits per heavy atom. The number of fused-ring (bicyclic) bond motifs is 1. The van der Waals surface area contributed by atoms with E-state index in [9.17, 15) is 4.79 Å². The molecule has 120 valence electrons. The topological polar surface area (TPSA) is 75.6 Å². The van der Waals surface area contributed by atoms with E-state index in [2.05, 4.69) is 55.8 Å². The molecule has 1 amide bonds. The van der Waals surface area contributed by atoms with Crippen molar-refractivity contribution in [2.45, 2.75) is 32.2 Å². The molecule has 3 aromatic rings. The first-order chi connectivity index (χ1) is 11.3. The van der Waals surface area contributed by atoms with E-state index in [1.807, 2.05) is 6.07 Å². The van der Waals surface area contributed by atoms with Gasteiger partial charge in [0, 0.05) is 31.2 Å². The summed E-state index contributed by atoms with van der Waals surface area (Å²) in [6.45, 7) is 1.61. The molecular weight excluding hydrogens is 290 g/mol. The molecule has 0 spiro atoms. The number of aryl methyl sites for hydroxylation is 2. The van der Waals surface area contributed by atoms with Gasteiger partial charge in [-0.3, -0.25) is 4.79 Å². The van der Waals surface area contributed by atoms with Crippen molar-refractivity contribution in [3.63, 3.8) is 0 Å². The first kappa shape index (κ1) is 15.3. The highest BCUT2D eigenvalue weighted by atomic mass is 16.1. The van der Waals surface area contributed by atoms with E-state index in [1.165, 1.54) is 10.9 Å². The van der Waals surface area contributed by atoms with Crippen molar-refractivity contribution in [2.75, 3.05) is 6.54 Å². The molecule has 23 heavy (non-hydrogen) atoms. The Morgan fingerprint density at radius 3 is 3.00 bits per heavy atom. The zero-order chi connectivity index (χ0) is 15.9. The molecule has 2 N–H and O–H groups in total. The maximum atomic E-state index is 11.8. The van der Waals surface area contributed by atoms with Crippen molar-refractivity contribution < 1.29 is 4.79 Å². The van der Waals surface area contributed by atoms with Crippen LogP contribution in [-0.2, 0) is 17.8 Å². The summed E-state index contributed by atoms with van der Waals surface area (Å²) in [5.74, 6) is 0.103. The van der Waals surface area contributed by atoms with E-state index >= 15 is 0 Å². The summed E-state index contributed by atoms with van der Waals surface area (Å²) < 4.78 is 2.23. The maximum Gasteiger partial charge on any atom is 0.220 e. The molecule has 0 fully saturated rings. The van der Waals surface area contributed by atoms with Crippen LogP contribution < -0.4 is 5.32 Å². The van der Waals surface area contributed by atoms with E-state index in [0.717, 1.165) is 31.5 Å². The zero-order valence-corrected chi connectivity index (χ0v) is 13.0. The molecule has 6 nitrogen and oxygen atoms in total. The zero-order valence-electron chi connectivity index (χ0n) is 13.0. The summed E-state index contributed by atoms with van der Waals surface area (Å²) in [5.41, 5.74) is 2.14. The van der Waals surface area contributed by atoms with Gasteiger partial charge in [-0.15, -0.1) is 0 Å². The summed E-state index contributed by atoms with van der Waals surface area (Å²) in [6, 6.07) is 10.5. The van der Waals surface area contributed by atoms with Gasteiger partial charge >= 0.3 is 0 Å². The largest absolute Gasteiger partial charge is 0.356 e. The molecule has 0 bridgehead atoms. The van der Waals surface area contributed by atoms with Gasteiger partial charge in [0.1, 0.15) is 0 Å². The molecule has 0 unspecified atom stereocenters. The summed E-state index contributed by atoms with van der Waals surface area (Å²) in [5, 5.41) is 14.5. The summed E-state index contributed by atoms with van der Waals surface area (Å²) >= 11 is 0. The van der Waals surface area contributed by atoms with Gasteiger partial charge in [-0.25, -0.2) is 0 Å². The Morgan fingerprint density at radius 2 is 2.13 bits per heavy atom. The minimum Gasteiger partial charge on any atom is -0.356 e. The second-order valence-electron chi connectivity index (χ2n) is 5.59. The summed E-state index contributed by atoms with van der Waals surface area (Å²) in [7, 11) is 0. The molecule has 2 heterocycles. The first-order valence-corrected chi connectivity index (χ1v) is 7.98. The number of carbonyl (C=O) groups excluding carboxylic acids is 1. The first-order valence-electron chi connectivity index (χ1n) is 7.98. The number of carbonyl (C=O) groups is 1. The Kier molecular flexibility index (Phi) is 5.03. The normalized spacial score (nSPS) is 11.0. The number of aromatic nitrogens is 4.